The number of nitrogens with one attached hydrogen (secondary N) is 1. The SMILES string of the molecule is CC(O)CN(C(=O)NC1CCc2cc(Cl)ccc21)C(C)C. The molecule has 2 rings (SSSR count). The van der Waals surface area contributed by atoms with Crippen LogP contribution in [0.25, 0.3) is 0 Å². The second-order valence-corrected chi connectivity index (χ2v) is 6.42. The van der Waals surface area contributed by atoms with Crippen LogP contribution >= 0.6 is 11.6 Å². The highest BCUT2D eigenvalue weighted by atomic mass is 35.5. The summed E-state index contributed by atoms with van der Waals surface area (Å²) in [6.07, 6.45) is 1.29. The Morgan fingerprint density at radius 3 is 2.81 bits per heavy atom. The minimum absolute atomic E-state index is 0.0278. The van der Waals surface area contributed by atoms with Crippen molar-refractivity contribution < 1.29 is 9.90 Å². The van der Waals surface area contributed by atoms with Crippen molar-refractivity contribution in [2.75, 3.05) is 6.54 Å². The number of aliphatic hydroxyl groups excluding tert-OH is 1. The summed E-state index contributed by atoms with van der Waals surface area (Å²) >= 11 is 6.00. The van der Waals surface area contributed by atoms with Crippen molar-refractivity contribution in [1.82, 2.24) is 10.2 Å². The van der Waals surface area contributed by atoms with Gasteiger partial charge in [-0.25, -0.2) is 4.79 Å². The first-order valence-electron chi connectivity index (χ1n) is 7.42. The molecule has 0 saturated heterocycles. The summed E-state index contributed by atoms with van der Waals surface area (Å²) in [4.78, 5) is 14.1. The zero-order valence-corrected chi connectivity index (χ0v) is 13.5. The first-order chi connectivity index (χ1) is 9.88. The van der Waals surface area contributed by atoms with Gasteiger partial charge < -0.3 is 15.3 Å². The molecule has 4 nitrogen and oxygen atoms in total. The summed E-state index contributed by atoms with van der Waals surface area (Å²) in [6.45, 7) is 5.92. The molecule has 1 aliphatic rings. The Kier molecular flexibility index (Phi) is 5.12. The monoisotopic (exact) mass is 310 g/mol. The van der Waals surface area contributed by atoms with Gasteiger partial charge in [-0.2, -0.15) is 0 Å². The van der Waals surface area contributed by atoms with E-state index in [0.717, 1.165) is 23.4 Å². The molecule has 5 heteroatoms. The van der Waals surface area contributed by atoms with Crippen LogP contribution < -0.4 is 5.32 Å². The molecule has 2 amide bonds. The lowest BCUT2D eigenvalue weighted by Crippen LogP contribution is -2.47. The fourth-order valence-electron chi connectivity index (χ4n) is 2.78. The standard InChI is InChI=1S/C16H23ClN2O2/c1-10(2)19(9-11(3)20)16(21)18-15-7-4-12-8-13(17)5-6-14(12)15/h5-6,8,10-11,15,20H,4,7,9H2,1-3H3,(H,18,21). The van der Waals surface area contributed by atoms with E-state index < -0.39 is 6.10 Å². The largest absolute Gasteiger partial charge is 0.392 e. The van der Waals surface area contributed by atoms with Crippen LogP contribution in [0.3, 0.4) is 0 Å². The molecule has 0 bridgehead atoms. The number of halogens is 1. The molecule has 1 aliphatic carbocycles. The Morgan fingerprint density at radius 2 is 2.19 bits per heavy atom. The summed E-state index contributed by atoms with van der Waals surface area (Å²) in [5.41, 5.74) is 2.35. The predicted octanol–water partition coefficient (Wildman–Crippen LogP) is 3.13. The summed E-state index contributed by atoms with van der Waals surface area (Å²) < 4.78 is 0. The Hall–Kier alpha value is -1.26. The Morgan fingerprint density at radius 1 is 1.48 bits per heavy atom. The highest BCUT2D eigenvalue weighted by Crippen LogP contribution is 2.33. The fraction of sp³-hybridized carbons (Fsp3) is 0.562. The van der Waals surface area contributed by atoms with E-state index in [1.54, 1.807) is 11.8 Å². The van der Waals surface area contributed by atoms with Crippen molar-refractivity contribution in [2.24, 2.45) is 0 Å². The number of nitrogens with zero attached hydrogens (tertiary/aromatic N) is 1. The first-order valence-corrected chi connectivity index (χ1v) is 7.79. The Labute approximate surface area is 131 Å². The second kappa shape index (κ2) is 6.67. The van der Waals surface area contributed by atoms with Gasteiger partial charge in [-0.15, -0.1) is 0 Å². The third kappa shape index (κ3) is 3.89. The second-order valence-electron chi connectivity index (χ2n) is 5.98. The maximum absolute atomic E-state index is 12.4. The molecular weight excluding hydrogens is 288 g/mol. The zero-order valence-electron chi connectivity index (χ0n) is 12.8. The molecule has 1 aromatic carbocycles. The van der Waals surface area contributed by atoms with E-state index in [4.69, 9.17) is 11.6 Å². The number of hydrogen-bond donors (Lipinski definition) is 2. The number of carbonyl (C=O) groups is 1. The van der Waals surface area contributed by atoms with E-state index >= 15 is 0 Å². The van der Waals surface area contributed by atoms with Gasteiger partial charge in [-0.1, -0.05) is 17.7 Å². The molecule has 2 N–H and O–H groups in total. The smallest absolute Gasteiger partial charge is 0.318 e. The average molecular weight is 311 g/mol. The molecule has 21 heavy (non-hydrogen) atoms. The summed E-state index contributed by atoms with van der Waals surface area (Å²) in [5.74, 6) is 0. The number of benzene rings is 1. The number of amides is 2. The molecule has 0 aliphatic heterocycles. The molecule has 1 aromatic rings. The highest BCUT2D eigenvalue weighted by molar-refractivity contribution is 6.30. The number of aryl methyl sites for hydroxylation is 1. The van der Waals surface area contributed by atoms with Crippen molar-refractivity contribution >= 4 is 17.6 Å². The van der Waals surface area contributed by atoms with E-state index in [-0.39, 0.29) is 18.1 Å². The van der Waals surface area contributed by atoms with Gasteiger partial charge in [0.15, 0.2) is 0 Å². The molecule has 0 heterocycles. The van der Waals surface area contributed by atoms with Gasteiger partial charge in [0.2, 0.25) is 0 Å². The maximum Gasteiger partial charge on any atom is 0.318 e. The highest BCUT2D eigenvalue weighted by Gasteiger charge is 2.27. The number of carbonyl (C=O) groups excluding carboxylic acids is 1. The van der Waals surface area contributed by atoms with Crippen molar-refractivity contribution in [1.29, 1.82) is 0 Å². The number of hydrogen-bond acceptors (Lipinski definition) is 2. The lowest BCUT2D eigenvalue weighted by atomic mass is 10.1. The summed E-state index contributed by atoms with van der Waals surface area (Å²) in [6, 6.07) is 5.77. The van der Waals surface area contributed by atoms with Crippen molar-refractivity contribution in [2.45, 2.75) is 51.8 Å². The van der Waals surface area contributed by atoms with Gasteiger partial charge in [0, 0.05) is 17.6 Å². The lowest BCUT2D eigenvalue weighted by Gasteiger charge is -2.29. The predicted molar refractivity (Wildman–Crippen MR) is 84.6 cm³/mol. The van der Waals surface area contributed by atoms with Gasteiger partial charge in [0.25, 0.3) is 0 Å². The molecule has 2 unspecified atom stereocenters. The average Bonchev–Trinajstić information content (AvgIpc) is 2.77. The van der Waals surface area contributed by atoms with Crippen LogP contribution in [-0.4, -0.2) is 34.7 Å². The van der Waals surface area contributed by atoms with Gasteiger partial charge in [0.05, 0.1) is 12.1 Å². The van der Waals surface area contributed by atoms with Gasteiger partial charge in [-0.05, 0) is 56.9 Å². The Balaban J connectivity index is 2.07. The van der Waals surface area contributed by atoms with Crippen molar-refractivity contribution in [3.05, 3.63) is 34.3 Å². The number of rotatable bonds is 4. The molecular formula is C16H23ClN2O2. The molecule has 116 valence electrons. The van der Waals surface area contributed by atoms with Crippen LogP contribution in [0.2, 0.25) is 5.02 Å². The Bertz CT molecular complexity index is 517. The van der Waals surface area contributed by atoms with Crippen LogP contribution in [0.5, 0.6) is 0 Å². The molecule has 0 spiro atoms. The van der Waals surface area contributed by atoms with E-state index in [9.17, 15) is 9.90 Å². The minimum atomic E-state index is -0.534. The van der Waals surface area contributed by atoms with Gasteiger partial charge in [-0.3, -0.25) is 0 Å². The fourth-order valence-corrected chi connectivity index (χ4v) is 2.98. The molecule has 0 fully saturated rings. The van der Waals surface area contributed by atoms with E-state index in [0.29, 0.717) is 6.54 Å². The minimum Gasteiger partial charge on any atom is -0.392 e. The molecule has 0 saturated carbocycles. The lowest BCUT2D eigenvalue weighted by molar-refractivity contribution is 0.117. The van der Waals surface area contributed by atoms with Crippen LogP contribution in [-0.2, 0) is 6.42 Å². The van der Waals surface area contributed by atoms with Gasteiger partial charge in [0.1, 0.15) is 0 Å². The van der Waals surface area contributed by atoms with Crippen LogP contribution in [0.1, 0.15) is 44.4 Å². The van der Waals surface area contributed by atoms with E-state index in [1.807, 2.05) is 32.0 Å². The number of aliphatic hydroxyl groups is 1. The number of urea groups is 1. The van der Waals surface area contributed by atoms with E-state index in [2.05, 4.69) is 5.32 Å². The van der Waals surface area contributed by atoms with E-state index in [1.165, 1.54) is 5.56 Å². The molecule has 0 aromatic heterocycles. The zero-order chi connectivity index (χ0) is 15.6. The topological polar surface area (TPSA) is 52.6 Å². The van der Waals surface area contributed by atoms with Crippen LogP contribution in [0.15, 0.2) is 18.2 Å². The normalized spacial score (nSPS) is 18.5. The van der Waals surface area contributed by atoms with Gasteiger partial charge >= 0.3 is 6.03 Å². The third-order valence-electron chi connectivity index (χ3n) is 3.83. The number of fused-ring (bicyclic) bond motifs is 1. The molecule has 2 atom stereocenters. The van der Waals surface area contributed by atoms with Crippen molar-refractivity contribution in [3.8, 4) is 0 Å². The third-order valence-corrected chi connectivity index (χ3v) is 4.06. The van der Waals surface area contributed by atoms with Crippen LogP contribution in [0.4, 0.5) is 4.79 Å². The quantitative estimate of drug-likeness (QED) is 0.897. The first kappa shape index (κ1) is 16.1. The maximum atomic E-state index is 12.4. The summed E-state index contributed by atoms with van der Waals surface area (Å²) in [5, 5.41) is 13.3. The van der Waals surface area contributed by atoms with Crippen molar-refractivity contribution in [3.63, 3.8) is 0 Å². The summed E-state index contributed by atoms with van der Waals surface area (Å²) in [7, 11) is 0. The molecule has 0 radical (unpaired) electrons. The van der Waals surface area contributed by atoms with Crippen LogP contribution in [0, 0.1) is 0 Å².